The van der Waals surface area contributed by atoms with Crippen LogP contribution < -0.4 is 10.5 Å². The largest absolute Gasteiger partial charge is 0.479 e. The molecule has 11 nitrogen and oxygen atoms in total. The van der Waals surface area contributed by atoms with Crippen LogP contribution in [0.15, 0.2) is 42.5 Å². The van der Waals surface area contributed by atoms with Crippen LogP contribution in [0.5, 0.6) is 5.75 Å². The second kappa shape index (κ2) is 16.3. The molecule has 248 valence electrons. The van der Waals surface area contributed by atoms with Crippen molar-refractivity contribution in [2.45, 2.75) is 59.7 Å². The van der Waals surface area contributed by atoms with Crippen LogP contribution in [0.3, 0.4) is 0 Å². The summed E-state index contributed by atoms with van der Waals surface area (Å²) < 4.78 is 33.6. The summed E-state index contributed by atoms with van der Waals surface area (Å²) >= 11 is 0. The Labute approximate surface area is 269 Å². The third-order valence-corrected chi connectivity index (χ3v) is 7.75. The van der Waals surface area contributed by atoms with Crippen LogP contribution in [0.2, 0.25) is 0 Å². The molecule has 0 aliphatic rings. The van der Waals surface area contributed by atoms with Crippen molar-refractivity contribution in [2.24, 2.45) is 0 Å². The van der Waals surface area contributed by atoms with Gasteiger partial charge < -0.3 is 29.4 Å². The summed E-state index contributed by atoms with van der Waals surface area (Å²) in [6.07, 6.45) is 0.846. The predicted molar refractivity (Wildman–Crippen MR) is 176 cm³/mol. The molecule has 0 aliphatic carbocycles. The Kier molecular flexibility index (Phi) is 12.3. The van der Waals surface area contributed by atoms with E-state index >= 15 is 4.39 Å². The number of amides is 1. The van der Waals surface area contributed by atoms with Gasteiger partial charge in [0.1, 0.15) is 11.3 Å². The Morgan fingerprint density at radius 2 is 1.83 bits per heavy atom. The van der Waals surface area contributed by atoms with E-state index in [-0.39, 0.29) is 30.9 Å². The quantitative estimate of drug-likeness (QED) is 0.166. The van der Waals surface area contributed by atoms with Crippen molar-refractivity contribution >= 4 is 39.6 Å². The fourth-order valence-electron chi connectivity index (χ4n) is 5.41. The van der Waals surface area contributed by atoms with Gasteiger partial charge in [0.25, 0.3) is 0 Å². The summed E-state index contributed by atoms with van der Waals surface area (Å²) in [5.41, 5.74) is 8.94. The van der Waals surface area contributed by atoms with E-state index in [1.807, 2.05) is 43.0 Å². The molecular weight excluding hydrogens is 591 g/mol. The number of hydrogen-bond donors (Lipinski definition) is 1. The van der Waals surface area contributed by atoms with E-state index in [0.717, 1.165) is 22.2 Å². The first kappa shape index (κ1) is 34.6. The van der Waals surface area contributed by atoms with E-state index in [1.165, 1.54) is 6.07 Å². The van der Waals surface area contributed by atoms with Gasteiger partial charge in [0.2, 0.25) is 5.91 Å². The number of nitrogens with zero attached hydrogens (tertiary/aromatic N) is 5. The number of carbonyl (C=O) groups excluding carboxylic acids is 2. The summed E-state index contributed by atoms with van der Waals surface area (Å²) in [5.74, 6) is -0.203. The van der Waals surface area contributed by atoms with Gasteiger partial charge in [0, 0.05) is 44.1 Å². The number of hydrogen-bond acceptors (Lipinski definition) is 9. The number of likely N-dealkylation sites (N-methyl/N-ethyl adjacent to an activating group) is 1. The van der Waals surface area contributed by atoms with Crippen molar-refractivity contribution in [2.75, 3.05) is 52.2 Å². The summed E-state index contributed by atoms with van der Waals surface area (Å²) in [6.45, 7) is 10.1. The highest BCUT2D eigenvalue weighted by atomic mass is 19.1. The highest BCUT2D eigenvalue weighted by Gasteiger charge is 2.22. The first-order chi connectivity index (χ1) is 22.2. The van der Waals surface area contributed by atoms with Crippen molar-refractivity contribution in [3.8, 4) is 5.75 Å². The number of para-hydroxylation sites is 1. The maximum Gasteiger partial charge on any atom is 0.344 e. The molecule has 0 saturated carbocycles. The fourth-order valence-corrected chi connectivity index (χ4v) is 5.41. The van der Waals surface area contributed by atoms with Crippen LogP contribution in [0.4, 0.5) is 10.2 Å². The van der Waals surface area contributed by atoms with E-state index < -0.39 is 18.4 Å². The van der Waals surface area contributed by atoms with Crippen LogP contribution in [0.1, 0.15) is 45.5 Å². The number of carbonyl (C=O) groups is 2. The van der Waals surface area contributed by atoms with E-state index in [1.54, 1.807) is 38.0 Å². The maximum atomic E-state index is 15.6. The number of ether oxygens (including phenoxy) is 3. The minimum Gasteiger partial charge on any atom is -0.479 e. The van der Waals surface area contributed by atoms with Gasteiger partial charge in [0.15, 0.2) is 24.0 Å². The van der Waals surface area contributed by atoms with Gasteiger partial charge in [-0.15, -0.1) is 0 Å². The standard InChI is InChI=1S/C34H45FN6O5/c1-6-39(7-2)21-29(42)40(20-24-12-10-15-27(31(24)35)45-22-30(43)46-23(3)4)17-11-18-41-28(16-19-44-5)38-32-33(41)25-13-8-9-14-26(25)37-34(32)36/h8-10,12-15,23H,6-7,11,16-22H2,1-5H3,(H2,36,37). The molecule has 2 heterocycles. The van der Waals surface area contributed by atoms with Crippen molar-refractivity contribution in [3.63, 3.8) is 0 Å². The molecule has 0 saturated heterocycles. The van der Waals surface area contributed by atoms with Gasteiger partial charge in [-0.3, -0.25) is 9.69 Å². The van der Waals surface area contributed by atoms with Crippen LogP contribution in [-0.2, 0) is 38.6 Å². The number of nitrogen functional groups attached to an aromatic ring is 1. The topological polar surface area (TPSA) is 125 Å². The third-order valence-electron chi connectivity index (χ3n) is 7.75. The highest BCUT2D eigenvalue weighted by molar-refractivity contribution is 6.06. The Balaban J connectivity index is 1.59. The van der Waals surface area contributed by atoms with E-state index in [9.17, 15) is 9.59 Å². The molecule has 0 aliphatic heterocycles. The number of benzene rings is 2. The zero-order valence-electron chi connectivity index (χ0n) is 27.4. The number of halogens is 1. The molecular formula is C34H45FN6O5. The smallest absolute Gasteiger partial charge is 0.344 e. The van der Waals surface area contributed by atoms with Gasteiger partial charge in [0.05, 0.1) is 30.3 Å². The van der Waals surface area contributed by atoms with Crippen LogP contribution in [-0.4, -0.2) is 88.8 Å². The number of pyridine rings is 1. The van der Waals surface area contributed by atoms with Gasteiger partial charge in [-0.25, -0.2) is 19.2 Å². The number of aryl methyl sites for hydroxylation is 1. The minimum absolute atomic E-state index is 0.0422. The van der Waals surface area contributed by atoms with Crippen LogP contribution in [0.25, 0.3) is 21.9 Å². The van der Waals surface area contributed by atoms with E-state index in [0.29, 0.717) is 62.5 Å². The van der Waals surface area contributed by atoms with Crippen molar-refractivity contribution in [1.29, 1.82) is 0 Å². The monoisotopic (exact) mass is 636 g/mol. The Morgan fingerprint density at radius 1 is 1.07 bits per heavy atom. The second-order valence-electron chi connectivity index (χ2n) is 11.3. The summed E-state index contributed by atoms with van der Waals surface area (Å²) in [4.78, 5) is 38.7. The highest BCUT2D eigenvalue weighted by Crippen LogP contribution is 2.29. The average molecular weight is 637 g/mol. The molecule has 0 atom stereocenters. The normalized spacial score (nSPS) is 11.6. The molecule has 46 heavy (non-hydrogen) atoms. The number of methoxy groups -OCH3 is 1. The zero-order valence-corrected chi connectivity index (χ0v) is 27.4. The Hall–Kier alpha value is -4.29. The van der Waals surface area contributed by atoms with E-state index in [4.69, 9.17) is 24.9 Å². The molecule has 4 aromatic rings. The molecule has 2 aromatic carbocycles. The van der Waals surface area contributed by atoms with Crippen LogP contribution in [0, 0.1) is 5.82 Å². The van der Waals surface area contributed by atoms with Gasteiger partial charge in [-0.05, 0) is 45.5 Å². The molecule has 0 fully saturated rings. The lowest BCUT2D eigenvalue weighted by atomic mass is 10.1. The predicted octanol–water partition coefficient (Wildman–Crippen LogP) is 4.59. The zero-order chi connectivity index (χ0) is 33.2. The SMILES string of the molecule is CCN(CC)CC(=O)N(CCCn1c(CCOC)nc2c(N)nc3ccccc3c21)Cc1cccc(OCC(=O)OC(C)C)c1F. The summed E-state index contributed by atoms with van der Waals surface area (Å²) in [5, 5.41) is 0.938. The first-order valence-corrected chi connectivity index (χ1v) is 15.8. The molecule has 0 spiro atoms. The molecule has 0 radical (unpaired) electrons. The molecule has 0 unspecified atom stereocenters. The lowest BCUT2D eigenvalue weighted by Gasteiger charge is -2.27. The van der Waals surface area contributed by atoms with Gasteiger partial charge in [-0.1, -0.05) is 44.2 Å². The summed E-state index contributed by atoms with van der Waals surface area (Å²) in [7, 11) is 1.65. The van der Waals surface area contributed by atoms with Crippen molar-refractivity contribution in [1.82, 2.24) is 24.3 Å². The number of nitrogens with two attached hydrogens (primary N) is 1. The fraction of sp³-hybridized carbons (Fsp3) is 0.471. The lowest BCUT2D eigenvalue weighted by Crippen LogP contribution is -2.40. The minimum atomic E-state index is -0.614. The Morgan fingerprint density at radius 3 is 2.54 bits per heavy atom. The summed E-state index contributed by atoms with van der Waals surface area (Å²) in [6, 6.07) is 12.5. The second-order valence-corrected chi connectivity index (χ2v) is 11.3. The number of esters is 1. The molecule has 0 bridgehead atoms. The maximum absolute atomic E-state index is 15.6. The third kappa shape index (κ3) is 8.49. The van der Waals surface area contributed by atoms with Crippen LogP contribution >= 0.6 is 0 Å². The number of imidazole rings is 1. The van der Waals surface area contributed by atoms with Crippen molar-refractivity contribution < 1.29 is 28.2 Å². The average Bonchev–Trinajstić information content (AvgIpc) is 3.41. The van der Waals surface area contributed by atoms with E-state index in [2.05, 4.69) is 9.55 Å². The molecule has 1 amide bonds. The van der Waals surface area contributed by atoms with Gasteiger partial charge >= 0.3 is 5.97 Å². The molecule has 2 N–H and O–H groups in total. The molecule has 4 rings (SSSR count). The number of rotatable bonds is 17. The molecule has 12 heteroatoms. The Bertz CT molecular complexity index is 1640. The molecule has 2 aromatic heterocycles. The lowest BCUT2D eigenvalue weighted by molar-refractivity contribution is -0.149. The van der Waals surface area contributed by atoms with Crippen molar-refractivity contribution in [3.05, 3.63) is 59.7 Å². The van der Waals surface area contributed by atoms with Gasteiger partial charge in [-0.2, -0.15) is 0 Å². The number of fused-ring (bicyclic) bond motifs is 3. The number of anilines is 1. The first-order valence-electron chi connectivity index (χ1n) is 15.8. The number of aromatic nitrogens is 3.